The molecule has 0 aliphatic rings. The van der Waals surface area contributed by atoms with Gasteiger partial charge in [-0.3, -0.25) is 0 Å². The number of hydrogen-bond acceptors (Lipinski definition) is 6. The average molecular weight is 424 g/mol. The minimum atomic E-state index is -0.625. The number of hydrogen-bond donors (Lipinski definition) is 2. The van der Waals surface area contributed by atoms with Gasteiger partial charge < -0.3 is 24.4 Å². The maximum Gasteiger partial charge on any atom is 0.336 e. The number of carbonyl (C=O) groups excluding carboxylic acids is 1. The molecule has 0 spiro atoms. The molecule has 0 radical (unpaired) electrons. The van der Waals surface area contributed by atoms with Crippen LogP contribution < -0.4 is 14.2 Å². The van der Waals surface area contributed by atoms with Crippen LogP contribution in [-0.2, 0) is 11.2 Å². The number of phenols is 2. The zero-order valence-electron chi connectivity index (χ0n) is 16.7. The van der Waals surface area contributed by atoms with E-state index in [9.17, 15) is 19.4 Å². The molecule has 0 aliphatic carbocycles. The topological polar surface area (TPSA) is 85.2 Å². The van der Waals surface area contributed by atoms with E-state index in [-0.39, 0.29) is 23.1 Å². The van der Waals surface area contributed by atoms with Crippen molar-refractivity contribution < 1.29 is 33.6 Å². The van der Waals surface area contributed by atoms with Gasteiger partial charge in [0, 0.05) is 18.6 Å². The van der Waals surface area contributed by atoms with E-state index in [0.717, 1.165) is 5.56 Å². The molecule has 0 saturated heterocycles. The largest absolute Gasteiger partial charge is 0.504 e. The Balaban J connectivity index is 1.58. The number of esters is 1. The first-order valence-electron chi connectivity index (χ1n) is 9.42. The Labute approximate surface area is 178 Å². The summed E-state index contributed by atoms with van der Waals surface area (Å²) in [6, 6.07) is 15.1. The van der Waals surface area contributed by atoms with E-state index >= 15 is 0 Å². The molecule has 7 heteroatoms. The predicted molar refractivity (Wildman–Crippen MR) is 113 cm³/mol. The number of benzene rings is 3. The van der Waals surface area contributed by atoms with E-state index in [1.807, 2.05) is 0 Å². The van der Waals surface area contributed by atoms with Crippen LogP contribution in [0.25, 0.3) is 6.08 Å². The molecular weight excluding hydrogens is 403 g/mol. The number of phenolic OH excluding ortho intramolecular Hbond substituents is 2. The summed E-state index contributed by atoms with van der Waals surface area (Å²) in [5, 5.41) is 18.8. The summed E-state index contributed by atoms with van der Waals surface area (Å²) in [5.41, 5.74) is 1.47. The second-order valence-electron chi connectivity index (χ2n) is 6.54. The third-order valence-electron chi connectivity index (χ3n) is 4.33. The van der Waals surface area contributed by atoms with Crippen LogP contribution in [0.2, 0.25) is 0 Å². The monoisotopic (exact) mass is 424 g/mol. The number of aromatic hydroxyl groups is 2. The molecule has 0 unspecified atom stereocenters. The number of carbonyl (C=O) groups is 1. The Hall–Kier alpha value is -4.00. The molecule has 0 aliphatic heterocycles. The molecule has 160 valence electrons. The third kappa shape index (κ3) is 6.24. The van der Waals surface area contributed by atoms with Gasteiger partial charge in [-0.05, 0) is 53.6 Å². The van der Waals surface area contributed by atoms with Crippen LogP contribution in [0.3, 0.4) is 0 Å². The first-order chi connectivity index (χ1) is 14.9. The van der Waals surface area contributed by atoms with Crippen LogP contribution in [0, 0.1) is 5.82 Å². The van der Waals surface area contributed by atoms with Crippen LogP contribution in [0.15, 0.2) is 66.7 Å². The van der Waals surface area contributed by atoms with E-state index < -0.39 is 5.97 Å². The van der Waals surface area contributed by atoms with Crippen molar-refractivity contribution in [3.8, 4) is 28.7 Å². The summed E-state index contributed by atoms with van der Waals surface area (Å²) in [7, 11) is 1.48. The Morgan fingerprint density at radius 3 is 2.45 bits per heavy atom. The van der Waals surface area contributed by atoms with Crippen molar-refractivity contribution in [3.05, 3.63) is 83.7 Å². The number of halogens is 1. The normalized spacial score (nSPS) is 10.8. The molecule has 31 heavy (non-hydrogen) atoms. The highest BCUT2D eigenvalue weighted by molar-refractivity contribution is 5.88. The second-order valence-corrected chi connectivity index (χ2v) is 6.54. The predicted octanol–water partition coefficient (Wildman–Crippen LogP) is 4.49. The highest BCUT2D eigenvalue weighted by Crippen LogP contribution is 2.31. The molecule has 3 aromatic carbocycles. The molecule has 0 fully saturated rings. The standard InChI is InChI=1S/C24H21FO6/c1-29-23-15-19(31-24(28)11-5-17-4-9-20(26)21(27)14-17)8-10-22(23)30-13-12-16-2-6-18(25)7-3-16/h2-11,14-15,26-27H,12-13H2,1H3/b11-5+. The Morgan fingerprint density at radius 1 is 0.968 bits per heavy atom. The smallest absolute Gasteiger partial charge is 0.336 e. The van der Waals surface area contributed by atoms with E-state index in [1.54, 1.807) is 30.3 Å². The molecule has 0 aromatic heterocycles. The molecule has 6 nitrogen and oxygen atoms in total. The lowest BCUT2D eigenvalue weighted by Crippen LogP contribution is -2.05. The zero-order valence-corrected chi connectivity index (χ0v) is 16.7. The van der Waals surface area contributed by atoms with E-state index in [1.165, 1.54) is 49.6 Å². The quantitative estimate of drug-likeness (QED) is 0.240. The average Bonchev–Trinajstić information content (AvgIpc) is 2.76. The maximum absolute atomic E-state index is 13.0. The summed E-state index contributed by atoms with van der Waals surface area (Å²) < 4.78 is 29.3. The minimum absolute atomic E-state index is 0.244. The van der Waals surface area contributed by atoms with Crippen molar-refractivity contribution in [3.63, 3.8) is 0 Å². The van der Waals surface area contributed by atoms with Crippen molar-refractivity contribution in [2.45, 2.75) is 6.42 Å². The molecule has 3 rings (SSSR count). The van der Waals surface area contributed by atoms with E-state index in [4.69, 9.17) is 14.2 Å². The van der Waals surface area contributed by atoms with Crippen molar-refractivity contribution >= 4 is 12.0 Å². The lowest BCUT2D eigenvalue weighted by Gasteiger charge is -2.12. The Morgan fingerprint density at radius 2 is 1.74 bits per heavy atom. The maximum atomic E-state index is 13.0. The lowest BCUT2D eigenvalue weighted by molar-refractivity contribution is -0.128. The second kappa shape index (κ2) is 10.2. The molecule has 0 amide bonds. The lowest BCUT2D eigenvalue weighted by atomic mass is 10.2. The zero-order chi connectivity index (χ0) is 22.2. The van der Waals surface area contributed by atoms with Crippen molar-refractivity contribution in [1.82, 2.24) is 0 Å². The van der Waals surface area contributed by atoms with Crippen LogP contribution in [0.1, 0.15) is 11.1 Å². The van der Waals surface area contributed by atoms with Crippen LogP contribution >= 0.6 is 0 Å². The fourth-order valence-corrected chi connectivity index (χ4v) is 2.72. The van der Waals surface area contributed by atoms with Gasteiger partial charge in [-0.2, -0.15) is 0 Å². The molecule has 2 N–H and O–H groups in total. The minimum Gasteiger partial charge on any atom is -0.504 e. The summed E-state index contributed by atoms with van der Waals surface area (Å²) in [6.45, 7) is 0.364. The summed E-state index contributed by atoms with van der Waals surface area (Å²) in [5.74, 6) is -0.281. The Kier molecular flexibility index (Phi) is 7.11. The highest BCUT2D eigenvalue weighted by Gasteiger charge is 2.09. The molecule has 0 atom stereocenters. The van der Waals surface area contributed by atoms with E-state index in [2.05, 4.69) is 0 Å². The van der Waals surface area contributed by atoms with Gasteiger partial charge in [0.2, 0.25) is 0 Å². The van der Waals surface area contributed by atoms with Gasteiger partial charge in [0.1, 0.15) is 11.6 Å². The third-order valence-corrected chi connectivity index (χ3v) is 4.33. The fraction of sp³-hybridized carbons (Fsp3) is 0.125. The Bertz CT molecular complexity index is 1080. The summed E-state index contributed by atoms with van der Waals surface area (Å²) in [6.07, 6.45) is 3.24. The molecule has 0 saturated carbocycles. The van der Waals surface area contributed by atoms with Crippen LogP contribution in [0.4, 0.5) is 4.39 Å². The highest BCUT2D eigenvalue weighted by atomic mass is 19.1. The molecule has 0 heterocycles. The van der Waals surface area contributed by atoms with Crippen LogP contribution in [0.5, 0.6) is 28.7 Å². The van der Waals surface area contributed by atoms with Gasteiger partial charge in [0.05, 0.1) is 13.7 Å². The van der Waals surface area contributed by atoms with E-state index in [0.29, 0.717) is 30.1 Å². The number of methoxy groups -OCH3 is 1. The summed E-state index contributed by atoms with van der Waals surface area (Å²) >= 11 is 0. The first-order valence-corrected chi connectivity index (χ1v) is 9.42. The van der Waals surface area contributed by atoms with Crippen molar-refractivity contribution in [2.24, 2.45) is 0 Å². The summed E-state index contributed by atoms with van der Waals surface area (Å²) in [4.78, 5) is 12.1. The van der Waals surface area contributed by atoms with Crippen molar-refractivity contribution in [2.75, 3.05) is 13.7 Å². The van der Waals surface area contributed by atoms with Gasteiger partial charge in [-0.25, -0.2) is 9.18 Å². The molecule has 0 bridgehead atoms. The SMILES string of the molecule is COc1cc(OC(=O)/C=C/c2ccc(O)c(O)c2)ccc1OCCc1ccc(F)cc1. The number of rotatable bonds is 8. The number of ether oxygens (including phenoxy) is 3. The van der Waals surface area contributed by atoms with Crippen molar-refractivity contribution in [1.29, 1.82) is 0 Å². The van der Waals surface area contributed by atoms with Gasteiger partial charge in [0.15, 0.2) is 23.0 Å². The fourth-order valence-electron chi connectivity index (χ4n) is 2.72. The molecular formula is C24H21FO6. The molecule has 3 aromatic rings. The van der Waals surface area contributed by atoms with Gasteiger partial charge >= 0.3 is 5.97 Å². The van der Waals surface area contributed by atoms with Crippen LogP contribution in [-0.4, -0.2) is 29.9 Å². The van der Waals surface area contributed by atoms with Gasteiger partial charge in [-0.1, -0.05) is 18.2 Å². The first kappa shape index (κ1) is 21.7. The van der Waals surface area contributed by atoms with Gasteiger partial charge in [0.25, 0.3) is 0 Å². The van der Waals surface area contributed by atoms with Gasteiger partial charge in [-0.15, -0.1) is 0 Å².